The molecule has 0 spiro atoms. The van der Waals surface area contributed by atoms with Gasteiger partial charge in [0.25, 0.3) is 0 Å². The maximum absolute atomic E-state index is 12.0. The molecule has 1 aliphatic rings. The van der Waals surface area contributed by atoms with Gasteiger partial charge in [0.2, 0.25) is 5.91 Å². The molecule has 1 heterocycles. The van der Waals surface area contributed by atoms with Crippen molar-refractivity contribution in [1.82, 2.24) is 14.9 Å². The Morgan fingerprint density at radius 1 is 1.44 bits per heavy atom. The van der Waals surface area contributed by atoms with Crippen LogP contribution in [0.15, 0.2) is 18.7 Å². The Kier molecular flexibility index (Phi) is 4.75. The van der Waals surface area contributed by atoms with Gasteiger partial charge in [0.15, 0.2) is 0 Å². The highest BCUT2D eigenvalue weighted by atomic mass is 16.1. The average molecular weight is 250 g/mol. The van der Waals surface area contributed by atoms with Gasteiger partial charge < -0.3 is 15.6 Å². The summed E-state index contributed by atoms with van der Waals surface area (Å²) in [6.45, 7) is 1.59. The SMILES string of the molecule is NC1CCCCC1C(=O)NCCCn1ccnc1. The van der Waals surface area contributed by atoms with E-state index in [-0.39, 0.29) is 17.9 Å². The molecular weight excluding hydrogens is 228 g/mol. The number of hydrogen-bond donors (Lipinski definition) is 2. The Bertz CT molecular complexity index is 363. The zero-order valence-electron chi connectivity index (χ0n) is 10.7. The van der Waals surface area contributed by atoms with Gasteiger partial charge in [-0.05, 0) is 19.3 Å². The highest BCUT2D eigenvalue weighted by Crippen LogP contribution is 2.22. The minimum atomic E-state index is 0.0204. The molecule has 0 bridgehead atoms. The van der Waals surface area contributed by atoms with Crippen LogP contribution in [0.1, 0.15) is 32.1 Å². The number of carbonyl (C=O) groups is 1. The van der Waals surface area contributed by atoms with Crippen molar-refractivity contribution in [2.24, 2.45) is 11.7 Å². The maximum atomic E-state index is 12.0. The molecule has 18 heavy (non-hydrogen) atoms. The zero-order chi connectivity index (χ0) is 12.8. The molecule has 2 unspecified atom stereocenters. The Labute approximate surface area is 108 Å². The molecule has 2 atom stereocenters. The Hall–Kier alpha value is -1.36. The van der Waals surface area contributed by atoms with Gasteiger partial charge in [-0.2, -0.15) is 0 Å². The van der Waals surface area contributed by atoms with Gasteiger partial charge in [-0.15, -0.1) is 0 Å². The second-order valence-corrected chi connectivity index (χ2v) is 5.00. The molecule has 3 N–H and O–H groups in total. The molecule has 2 rings (SSSR count). The number of nitrogens with zero attached hydrogens (tertiary/aromatic N) is 2. The molecule has 5 nitrogen and oxygen atoms in total. The number of imidazole rings is 1. The highest BCUT2D eigenvalue weighted by Gasteiger charge is 2.27. The molecule has 1 aromatic heterocycles. The van der Waals surface area contributed by atoms with Crippen LogP contribution in [0.25, 0.3) is 0 Å². The summed E-state index contributed by atoms with van der Waals surface area (Å²) >= 11 is 0. The van der Waals surface area contributed by atoms with Gasteiger partial charge in [-0.1, -0.05) is 12.8 Å². The standard InChI is InChI=1S/C13H22N4O/c14-12-5-2-1-4-11(12)13(18)16-6-3-8-17-9-7-15-10-17/h7,9-12H,1-6,8,14H2,(H,16,18). The van der Waals surface area contributed by atoms with Crippen molar-refractivity contribution in [2.75, 3.05) is 6.54 Å². The molecule has 1 aliphatic carbocycles. The zero-order valence-corrected chi connectivity index (χ0v) is 10.7. The van der Waals surface area contributed by atoms with Crippen LogP contribution in [0.5, 0.6) is 0 Å². The van der Waals surface area contributed by atoms with Crippen molar-refractivity contribution in [3.05, 3.63) is 18.7 Å². The first-order chi connectivity index (χ1) is 8.77. The average Bonchev–Trinajstić information content (AvgIpc) is 2.88. The maximum Gasteiger partial charge on any atom is 0.224 e. The number of carbonyl (C=O) groups excluding carboxylic acids is 1. The molecular formula is C13H22N4O. The number of nitrogens with one attached hydrogen (secondary N) is 1. The first kappa shape index (κ1) is 13.1. The lowest BCUT2D eigenvalue weighted by atomic mass is 9.84. The lowest BCUT2D eigenvalue weighted by Gasteiger charge is -2.27. The second kappa shape index (κ2) is 6.54. The minimum Gasteiger partial charge on any atom is -0.356 e. The molecule has 0 radical (unpaired) electrons. The third kappa shape index (κ3) is 3.57. The van der Waals surface area contributed by atoms with E-state index in [4.69, 9.17) is 5.73 Å². The molecule has 0 aromatic carbocycles. The number of aryl methyl sites for hydroxylation is 1. The normalized spacial score (nSPS) is 23.8. The third-order valence-corrected chi connectivity index (χ3v) is 3.61. The lowest BCUT2D eigenvalue weighted by Crippen LogP contribution is -2.44. The first-order valence-corrected chi connectivity index (χ1v) is 6.76. The van der Waals surface area contributed by atoms with E-state index in [2.05, 4.69) is 10.3 Å². The minimum absolute atomic E-state index is 0.0204. The summed E-state index contributed by atoms with van der Waals surface area (Å²) in [5, 5.41) is 2.99. The van der Waals surface area contributed by atoms with Crippen LogP contribution in [0, 0.1) is 5.92 Å². The predicted molar refractivity (Wildman–Crippen MR) is 69.8 cm³/mol. The van der Waals surface area contributed by atoms with Crippen LogP contribution in [-0.4, -0.2) is 28.0 Å². The van der Waals surface area contributed by atoms with E-state index >= 15 is 0 Å². The predicted octanol–water partition coefficient (Wildman–Crippen LogP) is 0.907. The number of hydrogen-bond acceptors (Lipinski definition) is 3. The van der Waals surface area contributed by atoms with Gasteiger partial charge in [-0.25, -0.2) is 4.98 Å². The fourth-order valence-electron chi connectivity index (χ4n) is 2.51. The summed E-state index contributed by atoms with van der Waals surface area (Å²) < 4.78 is 2.01. The van der Waals surface area contributed by atoms with Crippen molar-refractivity contribution in [2.45, 2.75) is 44.7 Å². The molecule has 0 aliphatic heterocycles. The number of rotatable bonds is 5. The van der Waals surface area contributed by atoms with Crippen molar-refractivity contribution in [1.29, 1.82) is 0 Å². The van der Waals surface area contributed by atoms with Crippen molar-refractivity contribution in [3.8, 4) is 0 Å². The Morgan fingerprint density at radius 2 is 2.28 bits per heavy atom. The van der Waals surface area contributed by atoms with Gasteiger partial charge in [0, 0.05) is 31.5 Å². The smallest absolute Gasteiger partial charge is 0.224 e. The van der Waals surface area contributed by atoms with E-state index in [9.17, 15) is 4.79 Å². The van der Waals surface area contributed by atoms with Crippen molar-refractivity contribution >= 4 is 5.91 Å². The van der Waals surface area contributed by atoms with Crippen molar-refractivity contribution < 1.29 is 4.79 Å². The van der Waals surface area contributed by atoms with E-state index in [0.29, 0.717) is 6.54 Å². The topological polar surface area (TPSA) is 72.9 Å². The van der Waals surface area contributed by atoms with E-state index in [0.717, 1.165) is 38.6 Å². The summed E-state index contributed by atoms with van der Waals surface area (Å²) in [7, 11) is 0. The number of amides is 1. The number of nitrogens with two attached hydrogens (primary N) is 1. The largest absolute Gasteiger partial charge is 0.356 e. The van der Waals surface area contributed by atoms with Crippen LogP contribution >= 0.6 is 0 Å². The Morgan fingerprint density at radius 3 is 3.00 bits per heavy atom. The molecule has 100 valence electrons. The summed E-state index contributed by atoms with van der Waals surface area (Å²) in [6.07, 6.45) is 10.6. The van der Waals surface area contributed by atoms with Crippen molar-refractivity contribution in [3.63, 3.8) is 0 Å². The lowest BCUT2D eigenvalue weighted by molar-refractivity contribution is -0.126. The summed E-state index contributed by atoms with van der Waals surface area (Å²) in [5.74, 6) is 0.153. The van der Waals surface area contributed by atoms with E-state index in [1.54, 1.807) is 12.5 Å². The molecule has 1 saturated carbocycles. The van der Waals surface area contributed by atoms with E-state index in [1.165, 1.54) is 0 Å². The molecule has 1 amide bonds. The monoisotopic (exact) mass is 250 g/mol. The van der Waals surface area contributed by atoms with E-state index in [1.807, 2.05) is 10.8 Å². The van der Waals surface area contributed by atoms with Gasteiger partial charge in [0.1, 0.15) is 0 Å². The molecule has 1 aromatic rings. The molecule has 1 fully saturated rings. The Balaban J connectivity index is 1.65. The summed E-state index contributed by atoms with van der Waals surface area (Å²) in [5.41, 5.74) is 5.99. The van der Waals surface area contributed by atoms with Gasteiger partial charge in [0.05, 0.1) is 12.2 Å². The van der Waals surface area contributed by atoms with Crippen LogP contribution in [0.3, 0.4) is 0 Å². The van der Waals surface area contributed by atoms with Crippen LogP contribution in [0.4, 0.5) is 0 Å². The van der Waals surface area contributed by atoms with Gasteiger partial charge >= 0.3 is 0 Å². The summed E-state index contributed by atoms with van der Waals surface area (Å²) in [4.78, 5) is 15.9. The van der Waals surface area contributed by atoms with Crippen LogP contribution in [0.2, 0.25) is 0 Å². The van der Waals surface area contributed by atoms with Gasteiger partial charge in [-0.3, -0.25) is 4.79 Å². The van der Waals surface area contributed by atoms with Crippen LogP contribution in [-0.2, 0) is 11.3 Å². The fraction of sp³-hybridized carbons (Fsp3) is 0.692. The quantitative estimate of drug-likeness (QED) is 0.763. The fourth-order valence-corrected chi connectivity index (χ4v) is 2.51. The second-order valence-electron chi connectivity index (χ2n) is 5.00. The molecule has 0 saturated heterocycles. The first-order valence-electron chi connectivity index (χ1n) is 6.76. The molecule has 5 heteroatoms. The number of aromatic nitrogens is 2. The third-order valence-electron chi connectivity index (χ3n) is 3.61. The van der Waals surface area contributed by atoms with E-state index < -0.39 is 0 Å². The van der Waals surface area contributed by atoms with Crippen LogP contribution < -0.4 is 11.1 Å². The highest BCUT2D eigenvalue weighted by molar-refractivity contribution is 5.79. The summed E-state index contributed by atoms with van der Waals surface area (Å²) in [6, 6.07) is 0.0485.